The van der Waals surface area contributed by atoms with Gasteiger partial charge in [0, 0.05) is 32.8 Å². The maximum atomic E-state index is 6.53. The predicted octanol–water partition coefficient (Wildman–Crippen LogP) is 11.9. The molecule has 0 unspecified atom stereocenters. The third-order valence-electron chi connectivity index (χ3n) is 9.52. The lowest BCUT2D eigenvalue weighted by atomic mass is 9.95. The molecule has 8 aromatic carbocycles. The molecule has 0 fully saturated rings. The Balaban J connectivity index is 1.33. The third kappa shape index (κ3) is 4.49. The van der Waals surface area contributed by atoms with E-state index in [0.29, 0.717) is 17.5 Å². The Kier molecular flexibility index (Phi) is 6.15. The molecule has 0 saturated carbocycles. The van der Waals surface area contributed by atoms with Crippen molar-refractivity contribution in [3.63, 3.8) is 0 Å². The highest BCUT2D eigenvalue weighted by atomic mass is 16.3. The normalized spacial score (nSPS) is 11.7. The van der Waals surface area contributed by atoms with Crippen molar-refractivity contribution in [1.82, 2.24) is 15.0 Å². The fourth-order valence-corrected chi connectivity index (χ4v) is 7.17. The van der Waals surface area contributed by atoms with E-state index >= 15 is 0 Å². The van der Waals surface area contributed by atoms with Crippen LogP contribution in [0.2, 0.25) is 0 Å². The van der Waals surface area contributed by atoms with E-state index in [2.05, 4.69) is 146 Å². The van der Waals surface area contributed by atoms with Gasteiger partial charge in [-0.1, -0.05) is 140 Å². The smallest absolute Gasteiger partial charge is 0.164 e. The summed E-state index contributed by atoms with van der Waals surface area (Å²) in [6.45, 7) is 0. The van der Waals surface area contributed by atoms with Crippen molar-refractivity contribution in [1.29, 1.82) is 0 Å². The number of hydrogen-bond acceptors (Lipinski definition) is 4. The summed E-state index contributed by atoms with van der Waals surface area (Å²) in [5, 5.41) is 8.59. The molecule has 0 atom stereocenters. The molecule has 0 aliphatic heterocycles. The number of furan rings is 1. The number of fused-ring (bicyclic) bond motifs is 7. The molecular weight excluding hydrogens is 599 g/mol. The summed E-state index contributed by atoms with van der Waals surface area (Å²) >= 11 is 0. The molecule has 0 bridgehead atoms. The van der Waals surface area contributed by atoms with Crippen molar-refractivity contribution in [2.24, 2.45) is 0 Å². The molecule has 0 spiro atoms. The van der Waals surface area contributed by atoms with E-state index in [0.717, 1.165) is 82.1 Å². The second-order valence-corrected chi connectivity index (χ2v) is 12.4. The van der Waals surface area contributed by atoms with Gasteiger partial charge in [0.2, 0.25) is 0 Å². The average molecular weight is 626 g/mol. The zero-order valence-electron chi connectivity index (χ0n) is 26.3. The third-order valence-corrected chi connectivity index (χ3v) is 9.52. The maximum Gasteiger partial charge on any atom is 0.164 e. The molecule has 10 rings (SSSR count). The first kappa shape index (κ1) is 27.5. The number of aromatic nitrogens is 3. The summed E-state index contributed by atoms with van der Waals surface area (Å²) in [4.78, 5) is 15.8. The van der Waals surface area contributed by atoms with E-state index in [1.54, 1.807) is 0 Å². The van der Waals surface area contributed by atoms with Gasteiger partial charge in [0.1, 0.15) is 11.2 Å². The van der Waals surface area contributed by atoms with E-state index in [1.807, 2.05) is 18.2 Å². The van der Waals surface area contributed by atoms with E-state index in [1.165, 1.54) is 0 Å². The Morgan fingerprint density at radius 2 is 0.878 bits per heavy atom. The summed E-state index contributed by atoms with van der Waals surface area (Å²) in [6.07, 6.45) is 0. The number of rotatable bonds is 4. The lowest BCUT2D eigenvalue weighted by molar-refractivity contribution is 0.672. The molecule has 10 aromatic rings. The van der Waals surface area contributed by atoms with Crippen molar-refractivity contribution in [3.8, 4) is 45.3 Å². The van der Waals surface area contributed by atoms with Crippen molar-refractivity contribution in [2.45, 2.75) is 0 Å². The Hall–Kier alpha value is -6.65. The van der Waals surface area contributed by atoms with Crippen molar-refractivity contribution < 1.29 is 4.42 Å². The van der Waals surface area contributed by atoms with Crippen LogP contribution in [0.15, 0.2) is 168 Å². The zero-order valence-corrected chi connectivity index (χ0v) is 26.3. The van der Waals surface area contributed by atoms with Crippen LogP contribution in [-0.2, 0) is 0 Å². The number of nitrogens with zero attached hydrogens (tertiary/aromatic N) is 3. The molecule has 4 heteroatoms. The highest BCUT2D eigenvalue weighted by molar-refractivity contribution is 6.19. The summed E-state index contributed by atoms with van der Waals surface area (Å²) < 4.78 is 6.53. The molecule has 0 amide bonds. The largest absolute Gasteiger partial charge is 0.455 e. The van der Waals surface area contributed by atoms with Crippen LogP contribution in [0.3, 0.4) is 0 Å². The molecule has 2 heterocycles. The maximum absolute atomic E-state index is 6.53. The summed E-state index contributed by atoms with van der Waals surface area (Å²) in [5.41, 5.74) is 6.83. The van der Waals surface area contributed by atoms with E-state index in [4.69, 9.17) is 19.4 Å². The second-order valence-electron chi connectivity index (χ2n) is 12.4. The standard InChI is InChI=1S/C45H27N3O/c1-2-12-28(13-3-1)31-24-25-35-38(26-31)40(27-39-34-20-8-9-23-41(34)49-42(35)39)45-47-43(36-21-10-16-29-14-4-6-18-32(29)36)46-44(48-45)37-22-11-17-30-15-5-7-19-33(30)37/h1-27H. The zero-order chi connectivity index (χ0) is 32.3. The van der Waals surface area contributed by atoms with Gasteiger partial charge in [0.15, 0.2) is 17.5 Å². The predicted molar refractivity (Wildman–Crippen MR) is 201 cm³/mol. The molecular formula is C45H27N3O. The monoisotopic (exact) mass is 625 g/mol. The SMILES string of the molecule is c1ccc(-c2ccc3c(c2)c(-c2nc(-c4cccc5ccccc45)nc(-c4cccc5ccccc45)n2)cc2c4ccccc4oc32)cc1. The van der Waals surface area contributed by atoms with Crippen LogP contribution in [0.25, 0.3) is 99.5 Å². The molecule has 4 nitrogen and oxygen atoms in total. The van der Waals surface area contributed by atoms with E-state index in [-0.39, 0.29) is 0 Å². The van der Waals surface area contributed by atoms with Gasteiger partial charge in [0.25, 0.3) is 0 Å². The number of para-hydroxylation sites is 1. The van der Waals surface area contributed by atoms with Gasteiger partial charge in [-0.2, -0.15) is 0 Å². The Morgan fingerprint density at radius 1 is 0.327 bits per heavy atom. The fraction of sp³-hybridized carbons (Fsp3) is 0. The topological polar surface area (TPSA) is 51.8 Å². The molecule has 0 N–H and O–H groups in total. The summed E-state index contributed by atoms with van der Waals surface area (Å²) in [7, 11) is 0. The molecule has 0 aliphatic rings. The molecule has 49 heavy (non-hydrogen) atoms. The van der Waals surface area contributed by atoms with E-state index in [9.17, 15) is 0 Å². The number of benzene rings is 8. The van der Waals surface area contributed by atoms with Gasteiger partial charge in [-0.15, -0.1) is 0 Å². The minimum absolute atomic E-state index is 0.614. The summed E-state index contributed by atoms with van der Waals surface area (Å²) in [6, 6.07) is 56.9. The van der Waals surface area contributed by atoms with Crippen molar-refractivity contribution >= 4 is 54.3 Å². The Morgan fingerprint density at radius 3 is 1.55 bits per heavy atom. The van der Waals surface area contributed by atoms with Crippen LogP contribution in [0, 0.1) is 0 Å². The Bertz CT molecular complexity index is 2780. The molecule has 0 radical (unpaired) electrons. The minimum Gasteiger partial charge on any atom is -0.455 e. The van der Waals surface area contributed by atoms with Gasteiger partial charge in [-0.3, -0.25) is 0 Å². The van der Waals surface area contributed by atoms with Crippen LogP contribution < -0.4 is 0 Å². The average Bonchev–Trinajstić information content (AvgIpc) is 3.56. The molecule has 228 valence electrons. The molecule has 0 aliphatic carbocycles. The molecule has 0 saturated heterocycles. The van der Waals surface area contributed by atoms with Crippen LogP contribution in [0.4, 0.5) is 0 Å². The van der Waals surface area contributed by atoms with Crippen LogP contribution in [-0.4, -0.2) is 15.0 Å². The van der Waals surface area contributed by atoms with Crippen LogP contribution >= 0.6 is 0 Å². The number of hydrogen-bond donors (Lipinski definition) is 0. The lowest BCUT2D eigenvalue weighted by Crippen LogP contribution is -2.01. The van der Waals surface area contributed by atoms with Gasteiger partial charge < -0.3 is 4.42 Å². The lowest BCUT2D eigenvalue weighted by Gasteiger charge is -2.14. The van der Waals surface area contributed by atoms with Crippen molar-refractivity contribution in [2.75, 3.05) is 0 Å². The first-order chi connectivity index (χ1) is 24.3. The van der Waals surface area contributed by atoms with Gasteiger partial charge in [-0.25, -0.2) is 15.0 Å². The van der Waals surface area contributed by atoms with Gasteiger partial charge in [0.05, 0.1) is 0 Å². The van der Waals surface area contributed by atoms with Gasteiger partial charge in [-0.05, 0) is 62.3 Å². The van der Waals surface area contributed by atoms with Crippen LogP contribution in [0.1, 0.15) is 0 Å². The summed E-state index contributed by atoms with van der Waals surface area (Å²) in [5.74, 6) is 1.88. The highest BCUT2D eigenvalue weighted by Crippen LogP contribution is 2.41. The highest BCUT2D eigenvalue weighted by Gasteiger charge is 2.20. The van der Waals surface area contributed by atoms with E-state index < -0.39 is 0 Å². The Labute approximate surface area is 282 Å². The minimum atomic E-state index is 0.614. The van der Waals surface area contributed by atoms with Crippen LogP contribution in [0.5, 0.6) is 0 Å². The fourth-order valence-electron chi connectivity index (χ4n) is 7.17. The molecule has 2 aromatic heterocycles. The first-order valence-electron chi connectivity index (χ1n) is 16.4. The van der Waals surface area contributed by atoms with Crippen molar-refractivity contribution in [3.05, 3.63) is 164 Å². The van der Waals surface area contributed by atoms with Gasteiger partial charge >= 0.3 is 0 Å². The first-order valence-corrected chi connectivity index (χ1v) is 16.4. The quantitative estimate of drug-likeness (QED) is 0.195. The second kappa shape index (κ2) is 11.0.